The van der Waals surface area contributed by atoms with Gasteiger partial charge in [-0.05, 0) is 25.1 Å². The van der Waals surface area contributed by atoms with E-state index in [9.17, 15) is 0 Å². The third-order valence-electron chi connectivity index (χ3n) is 3.02. The number of anilines is 1. The fourth-order valence-electron chi connectivity index (χ4n) is 2.10. The zero-order valence-corrected chi connectivity index (χ0v) is 11.7. The largest absolute Gasteiger partial charge is 0.409 e. The van der Waals surface area contributed by atoms with Crippen molar-refractivity contribution in [2.75, 3.05) is 23.0 Å². The van der Waals surface area contributed by atoms with E-state index >= 15 is 0 Å². The van der Waals surface area contributed by atoms with E-state index in [2.05, 4.69) is 17.0 Å². The highest BCUT2D eigenvalue weighted by molar-refractivity contribution is 7.99. The van der Waals surface area contributed by atoms with Crippen LogP contribution in [0.2, 0.25) is 5.02 Å². The van der Waals surface area contributed by atoms with E-state index in [4.69, 9.17) is 22.5 Å². The van der Waals surface area contributed by atoms with E-state index in [1.165, 1.54) is 0 Å². The Morgan fingerprint density at radius 2 is 2.39 bits per heavy atom. The Morgan fingerprint density at radius 3 is 3.06 bits per heavy atom. The van der Waals surface area contributed by atoms with Crippen molar-refractivity contribution in [1.29, 1.82) is 0 Å². The lowest BCUT2D eigenvalue weighted by atomic mass is 10.1. The number of hydrogen-bond donors (Lipinski definition) is 2. The first kappa shape index (κ1) is 13.4. The second-order valence-electron chi connectivity index (χ2n) is 4.26. The first-order valence-electron chi connectivity index (χ1n) is 5.75. The average Bonchev–Trinajstić information content (AvgIpc) is 2.39. The molecule has 1 unspecified atom stereocenters. The van der Waals surface area contributed by atoms with Crippen LogP contribution in [0.5, 0.6) is 0 Å². The molecule has 2 rings (SSSR count). The summed E-state index contributed by atoms with van der Waals surface area (Å²) in [7, 11) is 0. The number of oxime groups is 1. The zero-order chi connectivity index (χ0) is 13.1. The third-order valence-corrected chi connectivity index (χ3v) is 4.44. The molecule has 1 aromatic rings. The molecule has 0 amide bonds. The molecule has 0 spiro atoms. The van der Waals surface area contributed by atoms with Crippen LogP contribution in [-0.2, 0) is 0 Å². The maximum absolute atomic E-state index is 8.87. The molecule has 0 aromatic heterocycles. The Kier molecular flexibility index (Phi) is 4.24. The molecule has 18 heavy (non-hydrogen) atoms. The van der Waals surface area contributed by atoms with E-state index in [0.717, 1.165) is 23.7 Å². The average molecular weight is 286 g/mol. The number of halogens is 1. The molecule has 1 heterocycles. The van der Waals surface area contributed by atoms with Crippen LogP contribution < -0.4 is 10.6 Å². The van der Waals surface area contributed by atoms with Crippen molar-refractivity contribution in [3.8, 4) is 0 Å². The van der Waals surface area contributed by atoms with Gasteiger partial charge in [-0.1, -0.05) is 16.8 Å². The van der Waals surface area contributed by atoms with Gasteiger partial charge in [0.25, 0.3) is 0 Å². The summed E-state index contributed by atoms with van der Waals surface area (Å²) in [6.45, 7) is 3.13. The molecular weight excluding hydrogens is 270 g/mol. The molecule has 1 fully saturated rings. The van der Waals surface area contributed by atoms with Gasteiger partial charge in [0, 0.05) is 40.4 Å². The third kappa shape index (κ3) is 2.67. The van der Waals surface area contributed by atoms with Crippen molar-refractivity contribution in [3.05, 3.63) is 28.8 Å². The summed E-state index contributed by atoms with van der Waals surface area (Å²) in [4.78, 5) is 2.28. The second-order valence-corrected chi connectivity index (χ2v) is 5.85. The molecule has 3 N–H and O–H groups in total. The van der Waals surface area contributed by atoms with E-state index in [-0.39, 0.29) is 5.84 Å². The number of nitrogens with two attached hydrogens (primary N) is 1. The van der Waals surface area contributed by atoms with Crippen LogP contribution in [-0.4, -0.2) is 35.1 Å². The van der Waals surface area contributed by atoms with Crippen LogP contribution >= 0.6 is 23.4 Å². The van der Waals surface area contributed by atoms with Gasteiger partial charge in [-0.25, -0.2) is 0 Å². The van der Waals surface area contributed by atoms with Crippen LogP contribution in [0, 0.1) is 0 Å². The molecule has 98 valence electrons. The second kappa shape index (κ2) is 5.71. The van der Waals surface area contributed by atoms with Crippen molar-refractivity contribution in [2.45, 2.75) is 13.0 Å². The van der Waals surface area contributed by atoms with Crippen molar-refractivity contribution < 1.29 is 5.21 Å². The predicted octanol–water partition coefficient (Wildman–Crippen LogP) is 2.38. The fraction of sp³-hybridized carbons (Fsp3) is 0.417. The van der Waals surface area contributed by atoms with E-state index in [1.807, 2.05) is 23.9 Å². The number of thioether (sulfide) groups is 1. The van der Waals surface area contributed by atoms with Crippen molar-refractivity contribution in [1.82, 2.24) is 0 Å². The highest BCUT2D eigenvalue weighted by Crippen LogP contribution is 2.29. The lowest BCUT2D eigenvalue weighted by Gasteiger charge is -2.36. The van der Waals surface area contributed by atoms with Crippen LogP contribution in [0.1, 0.15) is 12.5 Å². The van der Waals surface area contributed by atoms with Gasteiger partial charge in [0.15, 0.2) is 5.84 Å². The molecule has 6 heteroatoms. The van der Waals surface area contributed by atoms with Crippen molar-refractivity contribution >= 4 is 34.9 Å². The van der Waals surface area contributed by atoms with E-state index < -0.39 is 0 Å². The molecule has 1 saturated heterocycles. The number of hydrogen-bond acceptors (Lipinski definition) is 4. The topological polar surface area (TPSA) is 61.8 Å². The Labute approximate surface area is 116 Å². The zero-order valence-electron chi connectivity index (χ0n) is 10.1. The van der Waals surface area contributed by atoms with Crippen LogP contribution in [0.15, 0.2) is 23.4 Å². The number of nitrogens with zero attached hydrogens (tertiary/aromatic N) is 2. The van der Waals surface area contributed by atoms with Gasteiger partial charge >= 0.3 is 0 Å². The molecule has 0 bridgehead atoms. The summed E-state index contributed by atoms with van der Waals surface area (Å²) in [6.07, 6.45) is 0. The Bertz CT molecular complexity index is 467. The minimum atomic E-state index is 0.0953. The molecule has 4 nitrogen and oxygen atoms in total. The summed E-state index contributed by atoms with van der Waals surface area (Å²) in [5.41, 5.74) is 7.38. The highest BCUT2D eigenvalue weighted by Gasteiger charge is 2.22. The van der Waals surface area contributed by atoms with Gasteiger partial charge in [0.2, 0.25) is 0 Å². The summed E-state index contributed by atoms with van der Waals surface area (Å²) in [5, 5.41) is 12.5. The maximum Gasteiger partial charge on any atom is 0.172 e. The summed E-state index contributed by atoms with van der Waals surface area (Å²) in [5.74, 6) is 2.26. The highest BCUT2D eigenvalue weighted by atomic mass is 35.5. The summed E-state index contributed by atoms with van der Waals surface area (Å²) in [6, 6.07) is 5.93. The Morgan fingerprint density at radius 1 is 1.61 bits per heavy atom. The lowest BCUT2D eigenvalue weighted by molar-refractivity contribution is 0.318. The van der Waals surface area contributed by atoms with Gasteiger partial charge in [-0.2, -0.15) is 11.8 Å². The smallest absolute Gasteiger partial charge is 0.172 e. The molecule has 1 aliphatic heterocycles. The van der Waals surface area contributed by atoms with Gasteiger partial charge < -0.3 is 15.8 Å². The van der Waals surface area contributed by atoms with Gasteiger partial charge in [-0.15, -0.1) is 0 Å². The molecule has 0 aliphatic carbocycles. The van der Waals surface area contributed by atoms with E-state index in [0.29, 0.717) is 16.6 Å². The standard InChI is InChI=1S/C12H16ClN3OS/c1-8-7-18-5-4-16(8)11-3-2-9(13)6-10(11)12(14)15-17/h2-3,6,8,17H,4-5,7H2,1H3,(H2,14,15). The van der Waals surface area contributed by atoms with Crippen LogP contribution in [0.4, 0.5) is 5.69 Å². The van der Waals surface area contributed by atoms with Gasteiger partial charge in [0.05, 0.1) is 0 Å². The fourth-order valence-corrected chi connectivity index (χ4v) is 3.29. The molecule has 0 saturated carbocycles. The Hall–Kier alpha value is -1.07. The first-order valence-corrected chi connectivity index (χ1v) is 7.28. The van der Waals surface area contributed by atoms with E-state index in [1.54, 1.807) is 6.07 Å². The summed E-state index contributed by atoms with van der Waals surface area (Å²) >= 11 is 7.92. The minimum Gasteiger partial charge on any atom is -0.409 e. The van der Waals surface area contributed by atoms with Gasteiger partial charge in [-0.3, -0.25) is 0 Å². The monoisotopic (exact) mass is 285 g/mol. The molecule has 0 radical (unpaired) electrons. The number of benzene rings is 1. The minimum absolute atomic E-state index is 0.0953. The molecule has 1 aromatic carbocycles. The Balaban J connectivity index is 2.42. The van der Waals surface area contributed by atoms with Crippen molar-refractivity contribution in [3.63, 3.8) is 0 Å². The molecule has 1 aliphatic rings. The molecular formula is C12H16ClN3OS. The SMILES string of the molecule is CC1CSCCN1c1ccc(Cl)cc1C(N)=NO. The van der Waals surface area contributed by atoms with Crippen molar-refractivity contribution in [2.24, 2.45) is 10.9 Å². The quantitative estimate of drug-likeness (QED) is 0.379. The van der Waals surface area contributed by atoms with Crippen LogP contribution in [0.3, 0.4) is 0 Å². The molecule has 1 atom stereocenters. The number of rotatable bonds is 2. The number of amidine groups is 1. The lowest BCUT2D eigenvalue weighted by Crippen LogP contribution is -2.41. The van der Waals surface area contributed by atoms with Gasteiger partial charge in [0.1, 0.15) is 0 Å². The summed E-state index contributed by atoms with van der Waals surface area (Å²) < 4.78 is 0. The normalized spacial score (nSPS) is 21.1. The maximum atomic E-state index is 8.87. The van der Waals surface area contributed by atoms with Crippen LogP contribution in [0.25, 0.3) is 0 Å². The first-order chi connectivity index (χ1) is 8.63. The predicted molar refractivity (Wildman–Crippen MR) is 78.1 cm³/mol.